The molecule has 11 heteroatoms. The van der Waals surface area contributed by atoms with Crippen molar-refractivity contribution >= 4 is 51.8 Å². The van der Waals surface area contributed by atoms with Crippen LogP contribution < -0.4 is 24.8 Å². The maximum absolute atomic E-state index is 13.7. The highest BCUT2D eigenvalue weighted by atomic mass is 32.2. The molecule has 9 nitrogen and oxygen atoms in total. The van der Waals surface area contributed by atoms with E-state index in [1.807, 2.05) is 43.3 Å². The summed E-state index contributed by atoms with van der Waals surface area (Å²) in [6, 6.07) is 17.9. The average Bonchev–Trinajstić information content (AvgIpc) is 3.58. The van der Waals surface area contributed by atoms with E-state index in [1.165, 1.54) is 11.8 Å². The highest BCUT2D eigenvalue weighted by molar-refractivity contribution is 8.26. The number of aromatic nitrogens is 1. The molecule has 3 aromatic rings. The summed E-state index contributed by atoms with van der Waals surface area (Å²) >= 11 is 6.86. The highest BCUT2D eigenvalue weighted by Crippen LogP contribution is 2.38. The number of rotatable bonds is 6. The Morgan fingerprint density at radius 3 is 2.45 bits per heavy atom. The number of benzene rings is 2. The molecule has 1 aromatic heterocycles. The Labute approximate surface area is 253 Å². The summed E-state index contributed by atoms with van der Waals surface area (Å²) in [5, 5.41) is 9.91. The van der Waals surface area contributed by atoms with E-state index < -0.39 is 0 Å². The molecule has 0 N–H and O–H groups in total. The fourth-order valence-corrected chi connectivity index (χ4v) is 6.82. The normalized spacial score (nSPS) is 17.4. The molecule has 2 saturated heterocycles. The Morgan fingerprint density at radius 1 is 1.02 bits per heavy atom. The number of carbonyl (C=O) groups is 1. The molecule has 6 rings (SSSR count). The largest absolute Gasteiger partial charge is 0.454 e. The summed E-state index contributed by atoms with van der Waals surface area (Å²) in [6.07, 6.45) is 1.81. The number of nitrogens with zero attached hydrogens (tertiary/aromatic N) is 5. The lowest BCUT2D eigenvalue weighted by Gasteiger charge is -2.39. The first-order valence-corrected chi connectivity index (χ1v) is 15.0. The third-order valence-electron chi connectivity index (χ3n) is 7.79. The van der Waals surface area contributed by atoms with Gasteiger partial charge in [0.2, 0.25) is 6.79 Å². The predicted octanol–water partition coefficient (Wildman–Crippen LogP) is 4.51. The lowest BCUT2D eigenvalue weighted by atomic mass is 10.0. The number of thiocarbonyl (C=S) groups is 1. The predicted molar refractivity (Wildman–Crippen MR) is 168 cm³/mol. The van der Waals surface area contributed by atoms with Crippen LogP contribution in [0.25, 0.3) is 6.08 Å². The number of amides is 1. The van der Waals surface area contributed by atoms with Crippen LogP contribution >= 0.6 is 24.0 Å². The molecule has 4 heterocycles. The van der Waals surface area contributed by atoms with Gasteiger partial charge in [-0.3, -0.25) is 19.1 Å². The van der Waals surface area contributed by atoms with Crippen molar-refractivity contribution in [1.29, 1.82) is 5.26 Å². The summed E-state index contributed by atoms with van der Waals surface area (Å²) < 4.78 is 13.0. The van der Waals surface area contributed by atoms with Crippen molar-refractivity contribution in [3.63, 3.8) is 0 Å². The van der Waals surface area contributed by atoms with Crippen molar-refractivity contribution in [2.24, 2.45) is 0 Å². The number of pyridine rings is 1. The molecule has 3 aliphatic heterocycles. The minimum absolute atomic E-state index is 0.0885. The number of piperazine rings is 1. The molecule has 0 atom stereocenters. The summed E-state index contributed by atoms with van der Waals surface area (Å²) in [5.41, 5.74) is 3.07. The number of para-hydroxylation sites is 1. The van der Waals surface area contributed by atoms with Crippen LogP contribution in [-0.2, 0) is 17.9 Å². The number of fused-ring (bicyclic) bond motifs is 1. The Hall–Kier alpha value is -4.27. The van der Waals surface area contributed by atoms with Gasteiger partial charge in [-0.05, 0) is 55.3 Å². The fraction of sp³-hybridized carbons (Fsp3) is 0.290. The maximum atomic E-state index is 13.7. The van der Waals surface area contributed by atoms with E-state index in [-0.39, 0.29) is 23.8 Å². The van der Waals surface area contributed by atoms with E-state index >= 15 is 0 Å². The van der Waals surface area contributed by atoms with Gasteiger partial charge in [-0.1, -0.05) is 48.2 Å². The van der Waals surface area contributed by atoms with Gasteiger partial charge in [0.25, 0.3) is 11.5 Å². The van der Waals surface area contributed by atoms with E-state index in [4.69, 9.17) is 21.7 Å². The molecule has 2 fully saturated rings. The third kappa shape index (κ3) is 5.01. The second kappa shape index (κ2) is 11.5. The molecule has 0 bridgehead atoms. The van der Waals surface area contributed by atoms with E-state index in [1.54, 1.807) is 22.5 Å². The van der Waals surface area contributed by atoms with Gasteiger partial charge >= 0.3 is 0 Å². The first-order chi connectivity index (χ1) is 20.4. The van der Waals surface area contributed by atoms with Crippen LogP contribution in [0.15, 0.2) is 58.2 Å². The average molecular weight is 600 g/mol. The lowest BCUT2D eigenvalue weighted by Crippen LogP contribution is -2.48. The molecule has 214 valence electrons. The first kappa shape index (κ1) is 27.9. The molecule has 0 radical (unpaired) electrons. The maximum Gasteiger partial charge on any atom is 0.270 e. The summed E-state index contributed by atoms with van der Waals surface area (Å²) in [4.78, 5) is 33.6. The van der Waals surface area contributed by atoms with Crippen molar-refractivity contribution in [3.8, 4) is 17.6 Å². The van der Waals surface area contributed by atoms with Crippen LogP contribution in [0, 0.1) is 18.3 Å². The highest BCUT2D eigenvalue weighted by Gasteiger charge is 2.34. The Balaban J connectivity index is 1.34. The number of nitriles is 1. The zero-order chi connectivity index (χ0) is 29.4. The fourth-order valence-electron chi connectivity index (χ4n) is 5.58. The Kier molecular flexibility index (Phi) is 7.66. The van der Waals surface area contributed by atoms with Crippen LogP contribution in [-0.4, -0.2) is 52.7 Å². The first-order valence-electron chi connectivity index (χ1n) is 13.8. The van der Waals surface area contributed by atoms with Gasteiger partial charge in [0, 0.05) is 44.0 Å². The molecule has 0 aliphatic carbocycles. The van der Waals surface area contributed by atoms with Gasteiger partial charge in [-0.25, -0.2) is 0 Å². The molecule has 3 aliphatic rings. The summed E-state index contributed by atoms with van der Waals surface area (Å²) in [6.45, 7) is 7.47. The van der Waals surface area contributed by atoms with Gasteiger partial charge in [-0.15, -0.1) is 0 Å². The topological polar surface area (TPSA) is 91.0 Å². The standard InChI is InChI=1S/C31H29N5O4S2/c1-3-35-28(34-13-11-33(12-14-34)22-7-5-4-6-8-22)23(20(2)24(17-32)29(35)37)16-27-30(38)36(31(41)42-27)18-21-9-10-25-26(15-21)40-19-39-25/h4-10,15-16H,3,11-14,18-19H2,1-2H3/b27-16+. The smallest absolute Gasteiger partial charge is 0.270 e. The molecule has 0 saturated carbocycles. The third-order valence-corrected chi connectivity index (χ3v) is 9.17. The number of thioether (sulfide) groups is 1. The number of hydrogen-bond acceptors (Lipinski definition) is 9. The van der Waals surface area contributed by atoms with Gasteiger partial charge in [-0.2, -0.15) is 5.26 Å². The van der Waals surface area contributed by atoms with Crippen LogP contribution in [0.4, 0.5) is 11.5 Å². The SMILES string of the molecule is CCn1c(N2CCN(c3ccccc3)CC2)c(/C=C2/SC(=S)N(Cc3ccc4c(c3)OCO4)C2=O)c(C)c(C#N)c1=O. The molecule has 0 unspecified atom stereocenters. The van der Waals surface area contributed by atoms with Gasteiger partial charge < -0.3 is 19.3 Å². The zero-order valence-corrected chi connectivity index (χ0v) is 25.0. The van der Waals surface area contributed by atoms with Crippen molar-refractivity contribution in [1.82, 2.24) is 9.47 Å². The van der Waals surface area contributed by atoms with Crippen LogP contribution in [0.2, 0.25) is 0 Å². The number of hydrogen-bond donors (Lipinski definition) is 0. The van der Waals surface area contributed by atoms with E-state index in [0.717, 1.165) is 30.2 Å². The summed E-state index contributed by atoms with van der Waals surface area (Å²) in [5.74, 6) is 1.84. The number of carbonyl (C=O) groups excluding carboxylic acids is 1. The van der Waals surface area contributed by atoms with Gasteiger partial charge in [0.05, 0.1) is 11.4 Å². The Bertz CT molecular complexity index is 1700. The molecule has 0 spiro atoms. The van der Waals surface area contributed by atoms with Crippen LogP contribution in [0.3, 0.4) is 0 Å². The van der Waals surface area contributed by atoms with Gasteiger partial charge in [0.1, 0.15) is 21.8 Å². The second-order valence-electron chi connectivity index (χ2n) is 10.2. The Morgan fingerprint density at radius 2 is 1.74 bits per heavy atom. The molecular formula is C31H29N5O4S2. The van der Waals surface area contributed by atoms with E-state index in [0.29, 0.717) is 58.0 Å². The lowest BCUT2D eigenvalue weighted by molar-refractivity contribution is -0.122. The van der Waals surface area contributed by atoms with E-state index in [9.17, 15) is 14.9 Å². The number of anilines is 2. The van der Waals surface area contributed by atoms with Crippen LogP contribution in [0.5, 0.6) is 11.5 Å². The van der Waals surface area contributed by atoms with Crippen LogP contribution in [0.1, 0.15) is 29.2 Å². The molecule has 2 aromatic carbocycles. The summed E-state index contributed by atoms with van der Waals surface area (Å²) in [7, 11) is 0. The molecule has 42 heavy (non-hydrogen) atoms. The van der Waals surface area contributed by atoms with Crippen molar-refractivity contribution in [2.75, 3.05) is 42.8 Å². The second-order valence-corrected chi connectivity index (χ2v) is 11.8. The monoisotopic (exact) mass is 599 g/mol. The van der Waals surface area contributed by atoms with Crippen molar-refractivity contribution in [3.05, 3.63) is 86.0 Å². The quantitative estimate of drug-likeness (QED) is 0.300. The van der Waals surface area contributed by atoms with E-state index in [2.05, 4.69) is 28.0 Å². The van der Waals surface area contributed by atoms with Crippen molar-refractivity contribution in [2.45, 2.75) is 26.9 Å². The minimum atomic E-state index is -0.314. The van der Waals surface area contributed by atoms with Gasteiger partial charge in [0.15, 0.2) is 11.5 Å². The molecule has 1 amide bonds. The zero-order valence-electron chi connectivity index (χ0n) is 23.3. The van der Waals surface area contributed by atoms with Crippen molar-refractivity contribution < 1.29 is 14.3 Å². The minimum Gasteiger partial charge on any atom is -0.454 e. The number of ether oxygens (including phenoxy) is 2. The molecular weight excluding hydrogens is 571 g/mol.